The second kappa shape index (κ2) is 3.53. The minimum Gasteiger partial charge on any atom is -0.480 e. The van der Waals surface area contributed by atoms with Gasteiger partial charge in [-0.3, -0.25) is 4.79 Å². The van der Waals surface area contributed by atoms with Gasteiger partial charge in [-0.25, -0.2) is 4.98 Å². The summed E-state index contributed by atoms with van der Waals surface area (Å²) in [4.78, 5) is 16.3. The Morgan fingerprint density at radius 1 is 1.71 bits per heavy atom. The van der Waals surface area contributed by atoms with Gasteiger partial charge in [0.1, 0.15) is 12.4 Å². The number of rotatable bonds is 4. The second-order valence-corrected chi connectivity index (χ2v) is 4.19. The first-order chi connectivity index (χ1) is 6.66. The van der Waals surface area contributed by atoms with Crippen LogP contribution in [0.5, 0.6) is 0 Å². The van der Waals surface area contributed by atoms with Crippen LogP contribution in [0.15, 0.2) is 0 Å². The van der Waals surface area contributed by atoms with Crippen LogP contribution in [0.2, 0.25) is 0 Å². The molecule has 0 bridgehead atoms. The van der Waals surface area contributed by atoms with Crippen molar-refractivity contribution in [3.05, 3.63) is 5.82 Å². The molecule has 2 rings (SSSR count). The van der Waals surface area contributed by atoms with Crippen molar-refractivity contribution in [2.24, 2.45) is 0 Å². The largest absolute Gasteiger partial charge is 0.480 e. The van der Waals surface area contributed by atoms with E-state index >= 15 is 0 Å². The van der Waals surface area contributed by atoms with Crippen LogP contribution in [0.4, 0.5) is 5.13 Å². The highest BCUT2D eigenvalue weighted by Gasteiger charge is 2.28. The van der Waals surface area contributed by atoms with Crippen molar-refractivity contribution >= 4 is 22.6 Å². The zero-order chi connectivity index (χ0) is 10.1. The van der Waals surface area contributed by atoms with E-state index in [9.17, 15) is 4.79 Å². The molecule has 14 heavy (non-hydrogen) atoms. The van der Waals surface area contributed by atoms with Crippen molar-refractivity contribution in [1.82, 2.24) is 9.36 Å². The number of hydrogen-bond donors (Lipinski definition) is 1. The minimum absolute atomic E-state index is 0.0285. The Morgan fingerprint density at radius 3 is 3.00 bits per heavy atom. The number of aromatic nitrogens is 2. The molecule has 0 spiro atoms. The number of hydrogen-bond acceptors (Lipinski definition) is 5. The summed E-state index contributed by atoms with van der Waals surface area (Å²) in [6.07, 6.45) is 2.33. The lowest BCUT2D eigenvalue weighted by Gasteiger charge is -2.10. The van der Waals surface area contributed by atoms with Gasteiger partial charge in [0.05, 0.1) is 0 Å². The Kier molecular flexibility index (Phi) is 2.37. The SMILES string of the molecule is CN(CC(=O)O)c1nc(C2CC2)ns1. The van der Waals surface area contributed by atoms with E-state index in [0.29, 0.717) is 11.0 Å². The van der Waals surface area contributed by atoms with E-state index in [1.807, 2.05) is 0 Å². The van der Waals surface area contributed by atoms with Gasteiger partial charge in [-0.15, -0.1) is 0 Å². The molecule has 76 valence electrons. The molecule has 1 aromatic heterocycles. The van der Waals surface area contributed by atoms with Crippen molar-refractivity contribution in [3.8, 4) is 0 Å². The number of carboxylic acids is 1. The number of aliphatic carboxylic acids is 1. The van der Waals surface area contributed by atoms with E-state index in [0.717, 1.165) is 5.82 Å². The maximum Gasteiger partial charge on any atom is 0.323 e. The highest BCUT2D eigenvalue weighted by atomic mass is 32.1. The van der Waals surface area contributed by atoms with E-state index in [-0.39, 0.29) is 6.54 Å². The van der Waals surface area contributed by atoms with Gasteiger partial charge in [-0.2, -0.15) is 4.37 Å². The summed E-state index contributed by atoms with van der Waals surface area (Å²) in [6.45, 7) is -0.0285. The lowest BCUT2D eigenvalue weighted by atomic mass is 10.4. The Labute approximate surface area is 85.6 Å². The fraction of sp³-hybridized carbons (Fsp3) is 0.625. The average Bonchev–Trinajstić information content (AvgIpc) is 2.82. The van der Waals surface area contributed by atoms with E-state index in [2.05, 4.69) is 9.36 Å². The Hall–Kier alpha value is -1.17. The third-order valence-electron chi connectivity index (χ3n) is 2.07. The van der Waals surface area contributed by atoms with Crippen molar-refractivity contribution in [2.75, 3.05) is 18.5 Å². The highest BCUT2D eigenvalue weighted by molar-refractivity contribution is 7.09. The van der Waals surface area contributed by atoms with Crippen LogP contribution >= 0.6 is 11.5 Å². The molecular weight excluding hydrogens is 202 g/mol. The third kappa shape index (κ3) is 2.01. The lowest BCUT2D eigenvalue weighted by molar-refractivity contribution is -0.135. The van der Waals surface area contributed by atoms with Gasteiger partial charge in [0.2, 0.25) is 5.13 Å². The molecule has 0 saturated heterocycles. The van der Waals surface area contributed by atoms with Crippen molar-refractivity contribution in [2.45, 2.75) is 18.8 Å². The smallest absolute Gasteiger partial charge is 0.323 e. The first kappa shape index (κ1) is 9.39. The first-order valence-corrected chi connectivity index (χ1v) is 5.20. The molecule has 6 heteroatoms. The van der Waals surface area contributed by atoms with Crippen LogP contribution in [0, 0.1) is 0 Å². The summed E-state index contributed by atoms with van der Waals surface area (Å²) in [5.41, 5.74) is 0. The van der Waals surface area contributed by atoms with Crippen LogP contribution in [-0.4, -0.2) is 34.0 Å². The Morgan fingerprint density at radius 2 is 2.43 bits per heavy atom. The first-order valence-electron chi connectivity index (χ1n) is 4.43. The van der Waals surface area contributed by atoms with E-state index in [1.54, 1.807) is 11.9 Å². The summed E-state index contributed by atoms with van der Waals surface area (Å²) in [5, 5.41) is 9.28. The number of anilines is 1. The van der Waals surface area contributed by atoms with Gasteiger partial charge in [0, 0.05) is 24.5 Å². The molecule has 0 atom stereocenters. The predicted octanol–water partition coefficient (Wildman–Crippen LogP) is 0.936. The minimum atomic E-state index is -0.851. The summed E-state index contributed by atoms with van der Waals surface area (Å²) in [7, 11) is 1.71. The molecular formula is C8H11N3O2S. The van der Waals surface area contributed by atoms with Crippen LogP contribution in [0.1, 0.15) is 24.6 Å². The normalized spacial score (nSPS) is 15.5. The second-order valence-electron chi connectivity index (χ2n) is 3.46. The number of likely N-dealkylation sites (N-methyl/N-ethyl adjacent to an activating group) is 1. The summed E-state index contributed by atoms with van der Waals surface area (Å²) in [5.74, 6) is 0.552. The maximum absolute atomic E-state index is 10.5. The van der Waals surface area contributed by atoms with Crippen molar-refractivity contribution in [1.29, 1.82) is 0 Å². The van der Waals surface area contributed by atoms with Gasteiger partial charge in [0.15, 0.2) is 0 Å². The topological polar surface area (TPSA) is 66.3 Å². The van der Waals surface area contributed by atoms with E-state index in [4.69, 9.17) is 5.11 Å². The standard InChI is InChI=1S/C8H11N3O2S/c1-11(4-6(12)13)8-9-7(10-14-8)5-2-3-5/h5H,2-4H2,1H3,(H,12,13). The monoisotopic (exact) mass is 213 g/mol. The molecule has 1 aliphatic carbocycles. The van der Waals surface area contributed by atoms with E-state index in [1.165, 1.54) is 24.4 Å². The van der Waals surface area contributed by atoms with Gasteiger partial charge in [-0.05, 0) is 12.8 Å². The lowest BCUT2D eigenvalue weighted by Crippen LogP contribution is -2.24. The van der Waals surface area contributed by atoms with E-state index < -0.39 is 5.97 Å². The third-order valence-corrected chi connectivity index (χ3v) is 2.92. The van der Waals surface area contributed by atoms with Gasteiger partial charge in [-0.1, -0.05) is 0 Å². The predicted molar refractivity (Wildman–Crippen MR) is 52.8 cm³/mol. The van der Waals surface area contributed by atoms with Gasteiger partial charge < -0.3 is 10.0 Å². The van der Waals surface area contributed by atoms with Gasteiger partial charge in [0.25, 0.3) is 0 Å². The van der Waals surface area contributed by atoms with Crippen molar-refractivity contribution in [3.63, 3.8) is 0 Å². The summed E-state index contributed by atoms with van der Waals surface area (Å²) in [6, 6.07) is 0. The molecule has 0 aliphatic heterocycles. The Balaban J connectivity index is 2.03. The summed E-state index contributed by atoms with van der Waals surface area (Å²) >= 11 is 1.27. The van der Waals surface area contributed by atoms with Crippen LogP contribution in [-0.2, 0) is 4.79 Å². The fourth-order valence-electron chi connectivity index (χ4n) is 1.16. The average molecular weight is 213 g/mol. The molecule has 1 aliphatic rings. The molecule has 0 aromatic carbocycles. The molecule has 1 saturated carbocycles. The van der Waals surface area contributed by atoms with Crippen molar-refractivity contribution < 1.29 is 9.90 Å². The molecule has 1 N–H and O–H groups in total. The molecule has 1 fully saturated rings. The quantitative estimate of drug-likeness (QED) is 0.806. The van der Waals surface area contributed by atoms with Crippen LogP contribution in [0.25, 0.3) is 0 Å². The molecule has 5 nitrogen and oxygen atoms in total. The maximum atomic E-state index is 10.5. The number of carboxylic acid groups (broad SMARTS) is 1. The van der Waals surface area contributed by atoms with Gasteiger partial charge >= 0.3 is 5.97 Å². The molecule has 0 radical (unpaired) electrons. The molecule has 0 unspecified atom stereocenters. The molecule has 1 heterocycles. The van der Waals surface area contributed by atoms with Crippen LogP contribution < -0.4 is 4.90 Å². The Bertz CT molecular complexity index is 348. The highest BCUT2D eigenvalue weighted by Crippen LogP contribution is 2.39. The van der Waals surface area contributed by atoms with Crippen LogP contribution in [0.3, 0.4) is 0 Å². The number of nitrogens with zero attached hydrogens (tertiary/aromatic N) is 3. The zero-order valence-electron chi connectivity index (χ0n) is 7.80. The summed E-state index contributed by atoms with van der Waals surface area (Å²) < 4.78 is 4.20. The zero-order valence-corrected chi connectivity index (χ0v) is 8.62. The number of carbonyl (C=O) groups is 1. The molecule has 0 amide bonds. The molecule has 1 aromatic rings. The fourth-order valence-corrected chi connectivity index (χ4v) is 1.86.